The summed E-state index contributed by atoms with van der Waals surface area (Å²) >= 11 is 0. The highest BCUT2D eigenvalue weighted by Crippen LogP contribution is 2.05. The van der Waals surface area contributed by atoms with E-state index >= 15 is 0 Å². The van der Waals surface area contributed by atoms with Gasteiger partial charge in [-0.25, -0.2) is 4.79 Å². The Morgan fingerprint density at radius 2 is 1.24 bits per heavy atom. The molecule has 0 aromatic rings. The standard InChI is InChI=1S/C18H30N6O10/c1-7(25)14(18(33)34)24-17(32)9(2-4-11(20)26)23-16(31)10(3-5-13(28)29)22-15(30)8(19)6-12(21)27/h7-10,14,25H,2-6,19H2,1H3,(H2,20,26)(H2,21,27)(H,22,30)(H,23,31)(H,24,32)(H,28,29)(H,33,34). The quantitative estimate of drug-likeness (QED) is 0.0988. The number of carbonyl (C=O) groups excluding carboxylic acids is 5. The second-order valence-corrected chi connectivity index (χ2v) is 7.40. The molecule has 0 fully saturated rings. The molecule has 192 valence electrons. The number of nitrogens with one attached hydrogen (secondary N) is 3. The van der Waals surface area contributed by atoms with Crippen molar-refractivity contribution in [2.75, 3.05) is 0 Å². The summed E-state index contributed by atoms with van der Waals surface area (Å²) in [5, 5.41) is 33.9. The van der Waals surface area contributed by atoms with Crippen molar-refractivity contribution < 1.29 is 48.9 Å². The van der Waals surface area contributed by atoms with Gasteiger partial charge in [-0.2, -0.15) is 0 Å². The van der Waals surface area contributed by atoms with E-state index in [1.165, 1.54) is 0 Å². The third-order valence-electron chi connectivity index (χ3n) is 4.40. The number of carboxylic acid groups (broad SMARTS) is 2. The van der Waals surface area contributed by atoms with E-state index in [0.717, 1.165) is 6.92 Å². The number of primary amides is 2. The van der Waals surface area contributed by atoms with Gasteiger partial charge in [0.1, 0.15) is 12.1 Å². The Morgan fingerprint density at radius 3 is 1.65 bits per heavy atom. The van der Waals surface area contributed by atoms with Crippen LogP contribution < -0.4 is 33.2 Å². The average molecular weight is 490 g/mol. The number of aliphatic hydroxyl groups is 1. The fourth-order valence-electron chi connectivity index (χ4n) is 2.60. The molecule has 0 aromatic carbocycles. The van der Waals surface area contributed by atoms with Gasteiger partial charge in [-0.15, -0.1) is 0 Å². The van der Waals surface area contributed by atoms with Gasteiger partial charge in [-0.3, -0.25) is 28.8 Å². The Labute approximate surface area is 193 Å². The molecule has 0 radical (unpaired) electrons. The number of nitrogens with two attached hydrogens (primary N) is 3. The summed E-state index contributed by atoms with van der Waals surface area (Å²) in [6.07, 6.45) is -3.86. The highest BCUT2D eigenvalue weighted by Gasteiger charge is 2.32. The molecular weight excluding hydrogens is 460 g/mol. The monoisotopic (exact) mass is 490 g/mol. The highest BCUT2D eigenvalue weighted by atomic mass is 16.4. The lowest BCUT2D eigenvalue weighted by Gasteiger charge is -2.25. The zero-order chi connectivity index (χ0) is 26.6. The third kappa shape index (κ3) is 11.7. The van der Waals surface area contributed by atoms with Crippen molar-refractivity contribution >= 4 is 41.5 Å². The molecule has 0 aliphatic carbocycles. The first-order valence-electron chi connectivity index (χ1n) is 10.0. The Bertz CT molecular complexity index is 802. The largest absolute Gasteiger partial charge is 0.481 e. The molecule has 0 rings (SSSR count). The van der Waals surface area contributed by atoms with Crippen LogP contribution in [-0.4, -0.2) is 87.1 Å². The number of amides is 5. The van der Waals surface area contributed by atoms with Crippen LogP contribution in [0.1, 0.15) is 39.0 Å². The van der Waals surface area contributed by atoms with E-state index < -0.39 is 97.4 Å². The lowest BCUT2D eigenvalue weighted by atomic mass is 10.1. The van der Waals surface area contributed by atoms with Crippen molar-refractivity contribution in [2.45, 2.75) is 69.3 Å². The van der Waals surface area contributed by atoms with Gasteiger partial charge in [-0.05, 0) is 19.8 Å². The molecule has 5 atom stereocenters. The van der Waals surface area contributed by atoms with E-state index in [9.17, 15) is 38.7 Å². The summed E-state index contributed by atoms with van der Waals surface area (Å²) in [4.78, 5) is 81.7. The Hall–Kier alpha value is -3.79. The maximum atomic E-state index is 12.7. The van der Waals surface area contributed by atoms with Crippen molar-refractivity contribution in [3.05, 3.63) is 0 Å². The summed E-state index contributed by atoms with van der Waals surface area (Å²) in [7, 11) is 0. The molecule has 0 saturated carbocycles. The predicted octanol–water partition coefficient (Wildman–Crippen LogP) is -4.76. The van der Waals surface area contributed by atoms with Crippen LogP contribution in [0.4, 0.5) is 0 Å². The summed E-state index contributed by atoms with van der Waals surface area (Å²) in [6, 6.07) is -6.24. The first-order chi connectivity index (χ1) is 15.6. The third-order valence-corrected chi connectivity index (χ3v) is 4.40. The van der Waals surface area contributed by atoms with Crippen LogP contribution in [0.15, 0.2) is 0 Å². The van der Waals surface area contributed by atoms with Crippen molar-refractivity contribution in [1.82, 2.24) is 16.0 Å². The van der Waals surface area contributed by atoms with Crippen molar-refractivity contribution in [3.63, 3.8) is 0 Å². The minimum Gasteiger partial charge on any atom is -0.481 e. The van der Waals surface area contributed by atoms with E-state index in [1.807, 2.05) is 5.32 Å². The normalized spacial score (nSPS) is 15.0. The molecule has 0 bridgehead atoms. The van der Waals surface area contributed by atoms with E-state index in [4.69, 9.17) is 27.4 Å². The van der Waals surface area contributed by atoms with Crippen molar-refractivity contribution in [3.8, 4) is 0 Å². The topological polar surface area (TPSA) is 294 Å². The summed E-state index contributed by atoms with van der Waals surface area (Å²) in [5.41, 5.74) is 15.5. The molecule has 34 heavy (non-hydrogen) atoms. The Morgan fingerprint density at radius 1 is 0.765 bits per heavy atom. The first kappa shape index (κ1) is 30.2. The molecule has 0 aromatic heterocycles. The predicted molar refractivity (Wildman–Crippen MR) is 112 cm³/mol. The van der Waals surface area contributed by atoms with E-state index in [2.05, 4.69) is 10.6 Å². The molecule has 0 aliphatic heterocycles. The zero-order valence-corrected chi connectivity index (χ0v) is 18.4. The van der Waals surface area contributed by atoms with Crippen LogP contribution in [0.25, 0.3) is 0 Å². The molecule has 0 spiro atoms. The molecule has 16 nitrogen and oxygen atoms in total. The number of rotatable bonds is 16. The molecule has 0 aliphatic rings. The maximum absolute atomic E-state index is 12.7. The average Bonchev–Trinajstić information content (AvgIpc) is 2.70. The van der Waals surface area contributed by atoms with Crippen LogP contribution in [-0.2, 0) is 33.6 Å². The van der Waals surface area contributed by atoms with E-state index in [0.29, 0.717) is 0 Å². The lowest BCUT2D eigenvalue weighted by Crippen LogP contribution is -2.58. The number of carboxylic acids is 2. The van der Waals surface area contributed by atoms with Crippen molar-refractivity contribution in [2.24, 2.45) is 17.2 Å². The molecule has 0 heterocycles. The van der Waals surface area contributed by atoms with Gasteiger partial charge in [0.25, 0.3) is 0 Å². The first-order valence-corrected chi connectivity index (χ1v) is 10.0. The van der Waals surface area contributed by atoms with Crippen molar-refractivity contribution in [1.29, 1.82) is 0 Å². The fourth-order valence-corrected chi connectivity index (χ4v) is 2.60. The van der Waals surface area contributed by atoms with Crippen LogP contribution in [0.2, 0.25) is 0 Å². The second kappa shape index (κ2) is 14.4. The number of hydrogen-bond donors (Lipinski definition) is 9. The molecule has 16 heteroatoms. The number of hydrogen-bond acceptors (Lipinski definition) is 9. The zero-order valence-electron chi connectivity index (χ0n) is 18.4. The lowest BCUT2D eigenvalue weighted by molar-refractivity contribution is -0.145. The molecule has 5 amide bonds. The number of aliphatic hydroxyl groups excluding tert-OH is 1. The van der Waals surface area contributed by atoms with Crippen LogP contribution in [0.3, 0.4) is 0 Å². The fraction of sp³-hybridized carbons (Fsp3) is 0.611. The molecule has 0 saturated heterocycles. The van der Waals surface area contributed by atoms with Gasteiger partial charge in [0.05, 0.1) is 18.6 Å². The van der Waals surface area contributed by atoms with Gasteiger partial charge in [0.15, 0.2) is 6.04 Å². The van der Waals surface area contributed by atoms with E-state index in [-0.39, 0.29) is 6.42 Å². The molecule has 5 unspecified atom stereocenters. The van der Waals surface area contributed by atoms with Gasteiger partial charge in [-0.1, -0.05) is 0 Å². The number of carbonyl (C=O) groups is 7. The molecular formula is C18H30N6O10. The van der Waals surface area contributed by atoms with Gasteiger partial charge < -0.3 is 48.5 Å². The Balaban J connectivity index is 5.64. The number of aliphatic carboxylic acids is 2. The summed E-state index contributed by atoms with van der Waals surface area (Å²) < 4.78 is 0. The summed E-state index contributed by atoms with van der Waals surface area (Å²) in [6.45, 7) is 1.10. The maximum Gasteiger partial charge on any atom is 0.328 e. The highest BCUT2D eigenvalue weighted by molar-refractivity contribution is 5.95. The van der Waals surface area contributed by atoms with Gasteiger partial charge in [0, 0.05) is 12.8 Å². The van der Waals surface area contributed by atoms with Crippen LogP contribution in [0.5, 0.6) is 0 Å². The minimum atomic E-state index is -1.74. The minimum absolute atomic E-state index is 0.375. The molecule has 12 N–H and O–H groups in total. The van der Waals surface area contributed by atoms with E-state index in [1.54, 1.807) is 0 Å². The second-order valence-electron chi connectivity index (χ2n) is 7.40. The van der Waals surface area contributed by atoms with Gasteiger partial charge >= 0.3 is 11.9 Å². The van der Waals surface area contributed by atoms with Crippen LogP contribution >= 0.6 is 0 Å². The van der Waals surface area contributed by atoms with Gasteiger partial charge in [0.2, 0.25) is 29.5 Å². The SMILES string of the molecule is CC(O)C(NC(=O)C(CCC(N)=O)NC(=O)C(CCC(=O)O)NC(=O)C(N)CC(N)=O)C(=O)O. The smallest absolute Gasteiger partial charge is 0.328 e. The van der Waals surface area contributed by atoms with Crippen LogP contribution in [0, 0.1) is 0 Å². The Kier molecular flexibility index (Phi) is 12.8. The summed E-state index contributed by atoms with van der Waals surface area (Å²) in [5.74, 6) is -7.77.